The molecule has 1 heterocycles. The fraction of sp³-hybridized carbons (Fsp3) is 0.455. The van der Waals surface area contributed by atoms with Crippen LogP contribution in [-0.2, 0) is 36.9 Å². The Morgan fingerprint density at radius 1 is 0.977 bits per heavy atom. The second-order valence-electron chi connectivity index (χ2n) is 11.8. The number of methoxy groups -OCH3 is 1. The molecule has 1 aliphatic rings. The molecule has 1 aliphatic heterocycles. The van der Waals surface area contributed by atoms with Crippen LogP contribution in [0.2, 0.25) is 0 Å². The number of nitrogens with zero attached hydrogens (tertiary/aromatic N) is 2. The quantitative estimate of drug-likeness (QED) is 0.300. The molecule has 3 rings (SSSR count). The summed E-state index contributed by atoms with van der Waals surface area (Å²) in [6, 6.07) is 14.9. The lowest BCUT2D eigenvalue weighted by molar-refractivity contribution is -0.146. The Hall–Kier alpha value is -4.22. The molecule has 11 nitrogen and oxygen atoms in total. The van der Waals surface area contributed by atoms with Crippen LogP contribution < -0.4 is 20.7 Å². The van der Waals surface area contributed by atoms with Crippen LogP contribution in [0.3, 0.4) is 0 Å². The lowest BCUT2D eigenvalue weighted by Gasteiger charge is -2.36. The largest absolute Gasteiger partial charge is 0.497 e. The second kappa shape index (κ2) is 16.0. The van der Waals surface area contributed by atoms with Gasteiger partial charge >= 0.3 is 0 Å². The Labute approximate surface area is 259 Å². The molecule has 0 saturated heterocycles. The topological polar surface area (TPSA) is 129 Å². The molecular weight excluding hydrogens is 562 g/mol. The highest BCUT2D eigenvalue weighted by atomic mass is 16.5. The summed E-state index contributed by atoms with van der Waals surface area (Å²) in [7, 11) is 3.26. The van der Waals surface area contributed by atoms with Gasteiger partial charge in [-0.1, -0.05) is 63.2 Å². The van der Waals surface area contributed by atoms with E-state index in [0.717, 1.165) is 16.9 Å². The maximum Gasteiger partial charge on any atom is 0.252 e. The monoisotopic (exact) mass is 607 g/mol. The number of rotatable bonds is 14. The first-order chi connectivity index (χ1) is 20.9. The highest BCUT2D eigenvalue weighted by molar-refractivity contribution is 5.94. The van der Waals surface area contributed by atoms with Gasteiger partial charge in [-0.2, -0.15) is 0 Å². The van der Waals surface area contributed by atoms with Crippen LogP contribution >= 0.6 is 0 Å². The zero-order valence-electron chi connectivity index (χ0n) is 26.5. The van der Waals surface area contributed by atoms with Gasteiger partial charge in [0.2, 0.25) is 17.7 Å². The molecule has 0 radical (unpaired) electrons. The number of hydrogen-bond donors (Lipinski definition) is 3. The SMILES string of the molecule is CN[C@@H](C)C(=O)N[C@H](C(=O)NCC(=O)N1C=CN(CCc2cccc(OC)c2)C(=O)[C@@H]1COCc1ccccc1)C(C)(C)C. The van der Waals surface area contributed by atoms with Gasteiger partial charge in [-0.25, -0.2) is 0 Å². The van der Waals surface area contributed by atoms with E-state index in [0.29, 0.717) is 13.0 Å². The lowest BCUT2D eigenvalue weighted by Crippen LogP contribution is -2.58. The Balaban J connectivity index is 1.71. The molecule has 44 heavy (non-hydrogen) atoms. The number of hydrogen-bond acceptors (Lipinski definition) is 7. The Bertz CT molecular complexity index is 1310. The number of carbonyl (C=O) groups is 4. The summed E-state index contributed by atoms with van der Waals surface area (Å²) in [6.07, 6.45) is 3.71. The normalized spacial score (nSPS) is 16.3. The zero-order valence-corrected chi connectivity index (χ0v) is 26.5. The number of carbonyl (C=O) groups excluding carboxylic acids is 4. The van der Waals surface area contributed by atoms with E-state index in [9.17, 15) is 19.2 Å². The molecule has 3 N–H and O–H groups in total. The van der Waals surface area contributed by atoms with Gasteiger partial charge in [0.1, 0.15) is 17.8 Å². The molecule has 11 heteroatoms. The lowest BCUT2D eigenvalue weighted by atomic mass is 9.86. The molecule has 2 aromatic rings. The fourth-order valence-electron chi connectivity index (χ4n) is 4.60. The fourth-order valence-corrected chi connectivity index (χ4v) is 4.60. The minimum atomic E-state index is -0.923. The van der Waals surface area contributed by atoms with Crippen molar-refractivity contribution in [2.45, 2.75) is 58.8 Å². The molecule has 0 unspecified atom stereocenters. The van der Waals surface area contributed by atoms with Crippen molar-refractivity contribution in [3.05, 3.63) is 78.1 Å². The summed E-state index contributed by atoms with van der Waals surface area (Å²) < 4.78 is 11.2. The molecule has 0 spiro atoms. The minimum Gasteiger partial charge on any atom is -0.497 e. The van der Waals surface area contributed by atoms with Gasteiger partial charge in [0.25, 0.3) is 5.91 Å². The average molecular weight is 608 g/mol. The number of nitrogens with one attached hydrogen (secondary N) is 3. The van der Waals surface area contributed by atoms with Gasteiger partial charge in [0.15, 0.2) is 0 Å². The first kappa shape index (κ1) is 34.3. The number of likely N-dealkylation sites (N-methyl/N-ethyl adjacent to an activating group) is 1. The van der Waals surface area contributed by atoms with Crippen molar-refractivity contribution in [1.82, 2.24) is 25.8 Å². The van der Waals surface area contributed by atoms with Crippen molar-refractivity contribution < 1.29 is 28.7 Å². The minimum absolute atomic E-state index is 0.0318. The van der Waals surface area contributed by atoms with E-state index in [1.54, 1.807) is 38.4 Å². The first-order valence-corrected chi connectivity index (χ1v) is 14.7. The van der Waals surface area contributed by atoms with E-state index in [1.165, 1.54) is 4.90 Å². The van der Waals surface area contributed by atoms with E-state index in [-0.39, 0.29) is 31.6 Å². The number of ether oxygens (including phenoxy) is 2. The van der Waals surface area contributed by atoms with Gasteiger partial charge in [-0.3, -0.25) is 19.2 Å². The molecule has 0 saturated carbocycles. The van der Waals surface area contributed by atoms with Gasteiger partial charge in [-0.05, 0) is 49.1 Å². The third-order valence-electron chi connectivity index (χ3n) is 7.42. The molecule has 238 valence electrons. The maximum atomic E-state index is 13.7. The van der Waals surface area contributed by atoms with Crippen molar-refractivity contribution in [2.24, 2.45) is 5.41 Å². The highest BCUT2D eigenvalue weighted by Gasteiger charge is 2.37. The van der Waals surface area contributed by atoms with Crippen LogP contribution in [0.25, 0.3) is 0 Å². The third-order valence-corrected chi connectivity index (χ3v) is 7.42. The van der Waals surface area contributed by atoms with E-state index in [2.05, 4.69) is 16.0 Å². The van der Waals surface area contributed by atoms with E-state index < -0.39 is 35.4 Å². The molecule has 3 atom stereocenters. The van der Waals surface area contributed by atoms with Crippen molar-refractivity contribution in [1.29, 1.82) is 0 Å². The van der Waals surface area contributed by atoms with Crippen molar-refractivity contribution in [3.8, 4) is 5.75 Å². The summed E-state index contributed by atoms with van der Waals surface area (Å²) >= 11 is 0. The summed E-state index contributed by atoms with van der Waals surface area (Å²) in [5, 5.41) is 8.28. The zero-order chi connectivity index (χ0) is 32.3. The van der Waals surface area contributed by atoms with Crippen LogP contribution in [0.5, 0.6) is 5.75 Å². The van der Waals surface area contributed by atoms with Gasteiger partial charge in [-0.15, -0.1) is 0 Å². The summed E-state index contributed by atoms with van der Waals surface area (Å²) in [4.78, 5) is 55.6. The highest BCUT2D eigenvalue weighted by Crippen LogP contribution is 2.20. The van der Waals surface area contributed by atoms with Crippen LogP contribution in [0, 0.1) is 5.41 Å². The van der Waals surface area contributed by atoms with E-state index in [4.69, 9.17) is 9.47 Å². The Kier molecular flexibility index (Phi) is 12.5. The van der Waals surface area contributed by atoms with Crippen molar-refractivity contribution in [3.63, 3.8) is 0 Å². The predicted molar refractivity (Wildman–Crippen MR) is 167 cm³/mol. The van der Waals surface area contributed by atoms with Crippen molar-refractivity contribution in [2.75, 3.05) is 33.9 Å². The molecule has 2 aromatic carbocycles. The Morgan fingerprint density at radius 2 is 1.68 bits per heavy atom. The van der Waals surface area contributed by atoms with Crippen LogP contribution in [-0.4, -0.2) is 85.4 Å². The second-order valence-corrected chi connectivity index (χ2v) is 11.8. The van der Waals surface area contributed by atoms with Crippen LogP contribution in [0.15, 0.2) is 67.0 Å². The van der Waals surface area contributed by atoms with Gasteiger partial charge in [0.05, 0.1) is 32.9 Å². The molecule has 0 aliphatic carbocycles. The number of amides is 4. The number of benzene rings is 2. The summed E-state index contributed by atoms with van der Waals surface area (Å²) in [5.41, 5.74) is 1.33. The predicted octanol–water partition coefficient (Wildman–Crippen LogP) is 2.22. The van der Waals surface area contributed by atoms with Crippen molar-refractivity contribution >= 4 is 23.6 Å². The molecule has 4 amide bonds. The third kappa shape index (κ3) is 9.65. The first-order valence-electron chi connectivity index (χ1n) is 14.7. The van der Waals surface area contributed by atoms with E-state index in [1.807, 2.05) is 75.4 Å². The van der Waals surface area contributed by atoms with Gasteiger partial charge in [0, 0.05) is 18.9 Å². The summed E-state index contributed by atoms with van der Waals surface area (Å²) in [6.45, 7) is 7.45. The molecule has 0 fully saturated rings. The van der Waals surface area contributed by atoms with E-state index >= 15 is 0 Å². The molecule has 0 aromatic heterocycles. The maximum absolute atomic E-state index is 13.7. The summed E-state index contributed by atoms with van der Waals surface area (Å²) in [5.74, 6) is -0.858. The van der Waals surface area contributed by atoms with Crippen LogP contribution in [0.1, 0.15) is 38.8 Å². The standard InChI is InChI=1S/C33H45N5O6/c1-23(34-5)30(40)36-29(33(2,3)4)31(41)35-20-28(39)38-18-17-37(16-15-24-13-10-14-26(19-24)43-6)32(42)27(38)22-44-21-25-11-8-7-9-12-25/h7-14,17-19,23,27,29,34H,15-16,20-22H2,1-6H3,(H,35,41)(H,36,40)/t23-,27-,29+/m0/s1. The van der Waals surface area contributed by atoms with Gasteiger partial charge < -0.3 is 35.2 Å². The Morgan fingerprint density at radius 3 is 2.34 bits per heavy atom. The molecular formula is C33H45N5O6. The smallest absolute Gasteiger partial charge is 0.252 e. The van der Waals surface area contributed by atoms with Crippen LogP contribution in [0.4, 0.5) is 0 Å². The molecule has 0 bridgehead atoms. The average Bonchev–Trinajstić information content (AvgIpc) is 3.01.